The van der Waals surface area contributed by atoms with Crippen molar-refractivity contribution in [2.45, 2.75) is 62.5 Å². The van der Waals surface area contributed by atoms with Crippen LogP contribution in [0.2, 0.25) is 10.0 Å². The minimum atomic E-state index is -0.861. The number of aliphatic hydroxyl groups excluding tert-OH is 1. The summed E-state index contributed by atoms with van der Waals surface area (Å²) < 4.78 is 1.92. The van der Waals surface area contributed by atoms with Gasteiger partial charge in [0, 0.05) is 36.8 Å². The lowest BCUT2D eigenvalue weighted by molar-refractivity contribution is -0.136. The van der Waals surface area contributed by atoms with Crippen LogP contribution in [0, 0.1) is 0 Å². The van der Waals surface area contributed by atoms with Crippen molar-refractivity contribution in [2.75, 3.05) is 20.1 Å². The molecule has 0 radical (unpaired) electrons. The predicted molar refractivity (Wildman–Crippen MR) is 162 cm³/mol. The monoisotopic (exact) mass is 589 g/mol. The molecule has 9 heteroatoms. The molecule has 1 heterocycles. The molecule has 0 amide bonds. The molecule has 39 heavy (non-hydrogen) atoms. The number of rotatable bonds is 15. The van der Waals surface area contributed by atoms with E-state index in [1.807, 2.05) is 23.5 Å². The Morgan fingerprint density at radius 1 is 1.10 bits per heavy atom. The summed E-state index contributed by atoms with van der Waals surface area (Å²) in [6, 6.07) is 17.7. The average molecular weight is 591 g/mol. The molecule has 1 unspecified atom stereocenters. The number of aryl methyl sites for hydroxylation is 2. The highest BCUT2D eigenvalue weighted by molar-refractivity contribution is 7.97. The molecule has 2 aromatic carbocycles. The summed E-state index contributed by atoms with van der Waals surface area (Å²) in [4.78, 5) is 16.2. The summed E-state index contributed by atoms with van der Waals surface area (Å²) in [5.74, 6) is -0.861. The van der Waals surface area contributed by atoms with E-state index in [9.17, 15) is 9.90 Å². The molecule has 0 fully saturated rings. The summed E-state index contributed by atoms with van der Waals surface area (Å²) in [7, 11) is 1.89. The minimum Gasteiger partial charge on any atom is -0.481 e. The Bertz CT molecular complexity index is 1200. The lowest BCUT2D eigenvalue weighted by atomic mass is 9.95. The van der Waals surface area contributed by atoms with E-state index in [0.29, 0.717) is 40.1 Å². The summed E-state index contributed by atoms with van der Waals surface area (Å²) in [6.07, 6.45) is 4.59. The highest BCUT2D eigenvalue weighted by Crippen LogP contribution is 2.39. The van der Waals surface area contributed by atoms with Crippen LogP contribution in [0.15, 0.2) is 65.7 Å². The van der Waals surface area contributed by atoms with Gasteiger partial charge in [-0.05, 0) is 87.9 Å². The molecule has 0 aliphatic heterocycles. The lowest BCUT2D eigenvalue weighted by Gasteiger charge is -2.29. The summed E-state index contributed by atoms with van der Waals surface area (Å²) in [6.45, 7) is 5.23. The average Bonchev–Trinajstić information content (AvgIpc) is 2.89. The molecule has 0 saturated heterocycles. The number of hydrogen-bond acceptors (Lipinski definition) is 6. The number of carboxylic acids is 1. The summed E-state index contributed by atoms with van der Waals surface area (Å²) in [5, 5.41) is 24.2. The Labute approximate surface area is 245 Å². The molecule has 0 aliphatic rings. The van der Waals surface area contributed by atoms with Crippen LogP contribution in [-0.4, -0.2) is 57.3 Å². The van der Waals surface area contributed by atoms with Crippen LogP contribution < -0.4 is 5.32 Å². The van der Waals surface area contributed by atoms with E-state index in [1.54, 1.807) is 24.4 Å². The van der Waals surface area contributed by atoms with E-state index in [4.69, 9.17) is 28.3 Å². The van der Waals surface area contributed by atoms with Crippen LogP contribution in [0.3, 0.4) is 0 Å². The Hall–Kier alpha value is -2.13. The number of aliphatic carboxylic acids is 1. The van der Waals surface area contributed by atoms with Gasteiger partial charge in [0.25, 0.3) is 0 Å². The number of aromatic nitrogens is 1. The zero-order valence-electron chi connectivity index (χ0n) is 22.7. The first-order chi connectivity index (χ1) is 18.5. The van der Waals surface area contributed by atoms with Crippen molar-refractivity contribution in [3.8, 4) is 11.3 Å². The van der Waals surface area contributed by atoms with Crippen molar-refractivity contribution >= 4 is 41.1 Å². The van der Waals surface area contributed by atoms with Gasteiger partial charge in [-0.2, -0.15) is 0 Å². The third kappa shape index (κ3) is 10.4. The Kier molecular flexibility index (Phi) is 12.1. The van der Waals surface area contributed by atoms with Crippen molar-refractivity contribution in [1.82, 2.24) is 14.6 Å². The molecule has 3 N–H and O–H groups in total. The number of nitrogens with one attached hydrogen (secondary N) is 1. The van der Waals surface area contributed by atoms with Crippen LogP contribution in [0.1, 0.15) is 44.2 Å². The molecule has 0 saturated carbocycles. The normalized spacial score (nSPS) is 12.6. The van der Waals surface area contributed by atoms with E-state index in [1.165, 1.54) is 17.5 Å². The quantitative estimate of drug-likeness (QED) is 0.169. The number of pyridine rings is 1. The minimum absolute atomic E-state index is 0.0148. The maximum absolute atomic E-state index is 11.0. The van der Waals surface area contributed by atoms with E-state index < -0.39 is 12.1 Å². The van der Waals surface area contributed by atoms with Crippen LogP contribution >= 0.6 is 35.1 Å². The number of aliphatic hydroxyl groups is 1. The fourth-order valence-electron chi connectivity index (χ4n) is 4.34. The van der Waals surface area contributed by atoms with Gasteiger partial charge in [-0.25, -0.2) is 4.31 Å². The first-order valence-electron chi connectivity index (χ1n) is 13.1. The van der Waals surface area contributed by atoms with Crippen molar-refractivity contribution in [2.24, 2.45) is 0 Å². The van der Waals surface area contributed by atoms with Gasteiger partial charge in [0.15, 0.2) is 0 Å². The van der Waals surface area contributed by atoms with E-state index in [2.05, 4.69) is 48.4 Å². The van der Waals surface area contributed by atoms with E-state index in [-0.39, 0.29) is 12.0 Å². The highest BCUT2D eigenvalue weighted by Gasteiger charge is 2.20. The van der Waals surface area contributed by atoms with Gasteiger partial charge >= 0.3 is 5.97 Å². The molecule has 210 valence electrons. The second kappa shape index (κ2) is 15.0. The van der Waals surface area contributed by atoms with Gasteiger partial charge in [-0.15, -0.1) is 0 Å². The van der Waals surface area contributed by atoms with Gasteiger partial charge in [-0.1, -0.05) is 59.6 Å². The lowest BCUT2D eigenvalue weighted by Crippen LogP contribution is -2.45. The molecule has 1 aromatic heterocycles. The maximum Gasteiger partial charge on any atom is 0.303 e. The third-order valence-electron chi connectivity index (χ3n) is 6.41. The zero-order chi connectivity index (χ0) is 28.4. The van der Waals surface area contributed by atoms with Gasteiger partial charge in [0.05, 0.1) is 26.7 Å². The van der Waals surface area contributed by atoms with Crippen molar-refractivity contribution in [3.05, 3.63) is 82.0 Å². The molecule has 0 aliphatic carbocycles. The SMILES string of the molecule is CN(CC(O)CNC(C)(C)CCCc1ccccc1)Sc1c(Cl)cc(-c2ncccc2CCC(=O)O)cc1Cl. The van der Waals surface area contributed by atoms with Crippen molar-refractivity contribution in [1.29, 1.82) is 0 Å². The molecular weight excluding hydrogens is 553 g/mol. The van der Waals surface area contributed by atoms with Crippen LogP contribution in [0.25, 0.3) is 11.3 Å². The van der Waals surface area contributed by atoms with E-state index in [0.717, 1.165) is 30.4 Å². The van der Waals surface area contributed by atoms with Crippen LogP contribution in [0.4, 0.5) is 0 Å². The van der Waals surface area contributed by atoms with Gasteiger partial charge in [0.2, 0.25) is 0 Å². The smallest absolute Gasteiger partial charge is 0.303 e. The summed E-state index contributed by atoms with van der Waals surface area (Å²) >= 11 is 14.6. The molecule has 0 bridgehead atoms. The number of carbonyl (C=O) groups is 1. The predicted octanol–water partition coefficient (Wildman–Crippen LogP) is 6.76. The number of hydrogen-bond donors (Lipinski definition) is 3. The second-order valence-corrected chi connectivity index (χ2v) is 12.4. The molecule has 0 spiro atoms. The number of benzene rings is 2. The molecule has 6 nitrogen and oxygen atoms in total. The molecule has 3 rings (SSSR count). The number of likely N-dealkylation sites (N-methyl/N-ethyl adjacent to an activating group) is 1. The first-order valence-corrected chi connectivity index (χ1v) is 14.6. The molecular formula is C30H37Cl2N3O3S. The van der Waals surface area contributed by atoms with E-state index >= 15 is 0 Å². The van der Waals surface area contributed by atoms with Gasteiger partial charge < -0.3 is 15.5 Å². The summed E-state index contributed by atoms with van der Waals surface area (Å²) in [5.41, 5.74) is 3.48. The first kappa shape index (κ1) is 31.4. The zero-order valence-corrected chi connectivity index (χ0v) is 25.0. The van der Waals surface area contributed by atoms with Crippen molar-refractivity contribution in [3.63, 3.8) is 0 Å². The maximum atomic E-state index is 11.0. The standard InChI is InChI=1S/C30H37Cl2N3O3S/c1-30(2,15-7-11-21-9-5-4-6-10-21)34-19-24(36)20-35(3)39-29-25(31)17-23(18-26(29)32)28-22(12-8-16-33-28)13-14-27(37)38/h4-6,8-10,12,16-18,24,34,36H,7,11,13-15,19-20H2,1-3H3,(H,37,38). The fourth-order valence-corrected chi connectivity index (χ4v) is 5.89. The Morgan fingerprint density at radius 2 is 1.79 bits per heavy atom. The highest BCUT2D eigenvalue weighted by atomic mass is 35.5. The molecule has 1 atom stereocenters. The number of nitrogens with zero attached hydrogens (tertiary/aromatic N) is 2. The van der Waals surface area contributed by atoms with Crippen LogP contribution in [-0.2, 0) is 17.6 Å². The Morgan fingerprint density at radius 3 is 2.46 bits per heavy atom. The number of carboxylic acid groups (broad SMARTS) is 1. The van der Waals surface area contributed by atoms with Crippen LogP contribution in [0.5, 0.6) is 0 Å². The topological polar surface area (TPSA) is 85.7 Å². The third-order valence-corrected chi connectivity index (χ3v) is 8.32. The fraction of sp³-hybridized carbons (Fsp3) is 0.400. The Balaban J connectivity index is 1.53. The largest absolute Gasteiger partial charge is 0.481 e. The number of β-amino-alcohol motifs (C(OH)–C–C–N with tert-alkyl or cyclic N) is 1. The second-order valence-electron chi connectivity index (χ2n) is 10.3. The van der Waals surface area contributed by atoms with Gasteiger partial charge in [-0.3, -0.25) is 9.78 Å². The molecule has 3 aromatic rings. The van der Waals surface area contributed by atoms with Gasteiger partial charge in [0.1, 0.15) is 0 Å². The number of halogens is 2. The van der Waals surface area contributed by atoms with Crippen molar-refractivity contribution < 1.29 is 15.0 Å².